The zero-order valence-electron chi connectivity index (χ0n) is 10.3. The summed E-state index contributed by atoms with van der Waals surface area (Å²) in [5.74, 6) is 1.67. The van der Waals surface area contributed by atoms with Crippen molar-refractivity contribution in [1.82, 2.24) is 5.32 Å². The summed E-state index contributed by atoms with van der Waals surface area (Å²) in [7, 11) is 2.06. The SMILES string of the molecule is CNC(c1cc(Br)c(Cl)s1)C1CCC(C)CC1. The molecule has 1 nitrogen and oxygen atoms in total. The van der Waals surface area contributed by atoms with E-state index in [-0.39, 0.29) is 0 Å². The van der Waals surface area contributed by atoms with Crippen molar-refractivity contribution in [2.75, 3.05) is 7.05 Å². The number of rotatable bonds is 3. The van der Waals surface area contributed by atoms with Gasteiger partial charge in [-0.25, -0.2) is 0 Å². The minimum Gasteiger partial charge on any atom is -0.312 e. The maximum absolute atomic E-state index is 6.14. The molecule has 0 spiro atoms. The first kappa shape index (κ1) is 13.9. The Labute approximate surface area is 121 Å². The predicted molar refractivity (Wildman–Crippen MR) is 80.0 cm³/mol. The number of thiophene rings is 1. The summed E-state index contributed by atoms with van der Waals surface area (Å²) >= 11 is 11.3. The summed E-state index contributed by atoms with van der Waals surface area (Å²) in [5, 5.41) is 3.47. The normalized spacial score (nSPS) is 27.1. The molecular formula is C13H19BrClNS. The molecule has 17 heavy (non-hydrogen) atoms. The Morgan fingerprint density at radius 1 is 1.41 bits per heavy atom. The molecule has 1 fully saturated rings. The molecular weight excluding hydrogens is 318 g/mol. The van der Waals surface area contributed by atoms with Gasteiger partial charge in [0.1, 0.15) is 4.34 Å². The van der Waals surface area contributed by atoms with Gasteiger partial charge in [-0.1, -0.05) is 31.4 Å². The minimum atomic E-state index is 0.469. The smallest absolute Gasteiger partial charge is 0.107 e. The van der Waals surface area contributed by atoms with Crippen molar-refractivity contribution in [2.45, 2.75) is 38.6 Å². The fourth-order valence-electron chi connectivity index (χ4n) is 2.75. The average Bonchev–Trinajstić information content (AvgIpc) is 2.63. The topological polar surface area (TPSA) is 12.0 Å². The fourth-order valence-corrected chi connectivity index (χ4v) is 4.69. The second-order valence-corrected chi connectivity index (χ2v) is 7.60. The Hall–Kier alpha value is 0.430. The highest BCUT2D eigenvalue weighted by molar-refractivity contribution is 9.10. The molecule has 0 aliphatic heterocycles. The fraction of sp³-hybridized carbons (Fsp3) is 0.692. The van der Waals surface area contributed by atoms with Gasteiger partial charge in [-0.05, 0) is 53.7 Å². The number of halogens is 2. The number of hydrogen-bond acceptors (Lipinski definition) is 2. The average molecular weight is 337 g/mol. The second-order valence-electron chi connectivity index (χ2n) is 5.06. The van der Waals surface area contributed by atoms with Gasteiger partial charge in [0.2, 0.25) is 0 Å². The summed E-state index contributed by atoms with van der Waals surface area (Å²) in [6.45, 7) is 2.36. The highest BCUT2D eigenvalue weighted by Crippen LogP contribution is 2.42. The lowest BCUT2D eigenvalue weighted by molar-refractivity contribution is 0.240. The summed E-state index contributed by atoms with van der Waals surface area (Å²) in [5.41, 5.74) is 0. The molecule has 1 aliphatic rings. The molecule has 1 aromatic rings. The molecule has 0 saturated heterocycles. The predicted octanol–water partition coefficient (Wildman–Crippen LogP) is 5.25. The maximum Gasteiger partial charge on any atom is 0.107 e. The Bertz CT molecular complexity index is 352. The van der Waals surface area contributed by atoms with Gasteiger partial charge in [-0.15, -0.1) is 11.3 Å². The zero-order chi connectivity index (χ0) is 12.4. The van der Waals surface area contributed by atoms with Gasteiger partial charge in [-0.2, -0.15) is 0 Å². The monoisotopic (exact) mass is 335 g/mol. The maximum atomic E-state index is 6.14. The van der Waals surface area contributed by atoms with Crippen LogP contribution in [0.5, 0.6) is 0 Å². The van der Waals surface area contributed by atoms with Crippen LogP contribution in [0.25, 0.3) is 0 Å². The van der Waals surface area contributed by atoms with Crippen LogP contribution in [-0.4, -0.2) is 7.05 Å². The highest BCUT2D eigenvalue weighted by atomic mass is 79.9. The van der Waals surface area contributed by atoms with Crippen LogP contribution < -0.4 is 5.32 Å². The van der Waals surface area contributed by atoms with Crippen molar-refractivity contribution in [1.29, 1.82) is 0 Å². The van der Waals surface area contributed by atoms with Crippen LogP contribution >= 0.6 is 38.9 Å². The zero-order valence-corrected chi connectivity index (χ0v) is 13.5. The van der Waals surface area contributed by atoms with Gasteiger partial charge in [0, 0.05) is 15.4 Å². The van der Waals surface area contributed by atoms with Crippen LogP contribution in [-0.2, 0) is 0 Å². The molecule has 1 aliphatic carbocycles. The Morgan fingerprint density at radius 3 is 2.53 bits per heavy atom. The van der Waals surface area contributed by atoms with E-state index in [1.54, 1.807) is 11.3 Å². The van der Waals surface area contributed by atoms with E-state index in [1.165, 1.54) is 30.6 Å². The lowest BCUT2D eigenvalue weighted by Crippen LogP contribution is -2.27. The van der Waals surface area contributed by atoms with Crippen LogP contribution in [0.4, 0.5) is 0 Å². The van der Waals surface area contributed by atoms with Crippen LogP contribution in [0.1, 0.15) is 43.5 Å². The van der Waals surface area contributed by atoms with Crippen molar-refractivity contribution in [2.24, 2.45) is 11.8 Å². The molecule has 96 valence electrons. The van der Waals surface area contributed by atoms with E-state index in [4.69, 9.17) is 11.6 Å². The third-order valence-electron chi connectivity index (χ3n) is 3.81. The van der Waals surface area contributed by atoms with E-state index in [1.807, 2.05) is 0 Å². The third-order valence-corrected chi connectivity index (χ3v) is 6.37. The molecule has 0 aromatic carbocycles. The molecule has 1 unspecified atom stereocenters. The lowest BCUT2D eigenvalue weighted by atomic mass is 9.79. The van der Waals surface area contributed by atoms with Gasteiger partial charge < -0.3 is 5.32 Å². The molecule has 1 saturated carbocycles. The van der Waals surface area contributed by atoms with Crippen molar-refractivity contribution in [3.63, 3.8) is 0 Å². The Balaban J connectivity index is 2.10. The van der Waals surface area contributed by atoms with Gasteiger partial charge in [-0.3, -0.25) is 0 Å². The Kier molecular flexibility index (Phi) is 4.93. The van der Waals surface area contributed by atoms with Crippen LogP contribution in [0, 0.1) is 11.8 Å². The van der Waals surface area contributed by atoms with E-state index < -0.39 is 0 Å². The first-order valence-electron chi connectivity index (χ1n) is 6.23. The standard InChI is InChI=1S/C13H19BrClNS/c1-8-3-5-9(6-4-8)12(16-2)11-7-10(14)13(15)17-11/h7-9,12,16H,3-6H2,1-2H3. The molecule has 0 bridgehead atoms. The van der Waals surface area contributed by atoms with Gasteiger partial charge in [0.25, 0.3) is 0 Å². The highest BCUT2D eigenvalue weighted by Gasteiger charge is 2.27. The molecule has 0 radical (unpaired) electrons. The van der Waals surface area contributed by atoms with Gasteiger partial charge in [0.05, 0.1) is 0 Å². The van der Waals surface area contributed by atoms with Gasteiger partial charge in [0.15, 0.2) is 0 Å². The summed E-state index contributed by atoms with van der Waals surface area (Å²) in [6, 6.07) is 2.64. The third kappa shape index (κ3) is 3.25. The Morgan fingerprint density at radius 2 is 2.06 bits per heavy atom. The molecule has 2 rings (SSSR count). The van der Waals surface area contributed by atoms with Crippen molar-refractivity contribution in [3.8, 4) is 0 Å². The van der Waals surface area contributed by atoms with E-state index in [9.17, 15) is 0 Å². The minimum absolute atomic E-state index is 0.469. The van der Waals surface area contributed by atoms with E-state index in [2.05, 4.69) is 41.3 Å². The van der Waals surface area contributed by atoms with Crippen LogP contribution in [0.2, 0.25) is 4.34 Å². The number of nitrogens with one attached hydrogen (secondary N) is 1. The lowest BCUT2D eigenvalue weighted by Gasteiger charge is -2.32. The summed E-state index contributed by atoms with van der Waals surface area (Å²) in [6.07, 6.45) is 5.39. The summed E-state index contributed by atoms with van der Waals surface area (Å²) < 4.78 is 1.90. The number of hydrogen-bond donors (Lipinski definition) is 1. The van der Waals surface area contributed by atoms with Crippen molar-refractivity contribution < 1.29 is 0 Å². The molecule has 0 amide bonds. The first-order chi connectivity index (χ1) is 8.11. The molecule has 1 aromatic heterocycles. The first-order valence-corrected chi connectivity index (χ1v) is 8.22. The molecule has 1 N–H and O–H groups in total. The van der Waals surface area contributed by atoms with Gasteiger partial charge >= 0.3 is 0 Å². The van der Waals surface area contributed by atoms with Crippen molar-refractivity contribution in [3.05, 3.63) is 19.8 Å². The molecule has 4 heteroatoms. The van der Waals surface area contributed by atoms with Crippen molar-refractivity contribution >= 4 is 38.9 Å². The van der Waals surface area contributed by atoms with E-state index >= 15 is 0 Å². The largest absolute Gasteiger partial charge is 0.312 e. The molecule has 1 heterocycles. The van der Waals surface area contributed by atoms with Crippen LogP contribution in [0.15, 0.2) is 10.5 Å². The second kappa shape index (κ2) is 6.05. The quantitative estimate of drug-likeness (QED) is 0.794. The van der Waals surface area contributed by atoms with Crippen LogP contribution in [0.3, 0.4) is 0 Å². The van der Waals surface area contributed by atoms with E-state index in [0.29, 0.717) is 6.04 Å². The summed E-state index contributed by atoms with van der Waals surface area (Å²) in [4.78, 5) is 1.36. The van der Waals surface area contributed by atoms with E-state index in [0.717, 1.165) is 20.6 Å². The molecule has 1 atom stereocenters.